The van der Waals surface area contributed by atoms with Gasteiger partial charge in [-0.3, -0.25) is 14.6 Å². The number of thiol groups is 1. The molecule has 1 rings (SSSR count). The summed E-state index contributed by atoms with van der Waals surface area (Å²) in [4.78, 5) is 23.4. The van der Waals surface area contributed by atoms with Crippen LogP contribution < -0.4 is 11.1 Å². The molecule has 5 nitrogen and oxygen atoms in total. The smallest absolute Gasteiger partial charge is 0.296 e. The number of H-pyrrole nitrogens is 1. The highest BCUT2D eigenvalue weighted by Gasteiger charge is 1.96. The Morgan fingerprint density at radius 3 is 2.70 bits per heavy atom. The van der Waals surface area contributed by atoms with Crippen molar-refractivity contribution in [2.45, 2.75) is 5.16 Å². The van der Waals surface area contributed by atoms with E-state index in [1.807, 2.05) is 0 Å². The highest BCUT2D eigenvalue weighted by molar-refractivity contribution is 7.80. The van der Waals surface area contributed by atoms with Crippen LogP contribution in [0.15, 0.2) is 14.7 Å². The van der Waals surface area contributed by atoms with E-state index in [1.165, 1.54) is 7.05 Å². The largest absolute Gasteiger partial charge is 0.332 e. The molecule has 10 heavy (non-hydrogen) atoms. The maximum absolute atomic E-state index is 10.6. The molecular formula is C4H5N3O2S. The molecule has 0 atom stereocenters. The monoisotopic (exact) mass is 159 g/mol. The minimum Gasteiger partial charge on any atom is -0.296 e. The first-order chi connectivity index (χ1) is 4.61. The van der Waals surface area contributed by atoms with Gasteiger partial charge in [-0.1, -0.05) is 0 Å². The minimum atomic E-state index is -0.706. The number of aromatic nitrogens is 3. The molecule has 0 bridgehead atoms. The Morgan fingerprint density at radius 1 is 1.60 bits per heavy atom. The molecule has 0 aliphatic heterocycles. The summed E-state index contributed by atoms with van der Waals surface area (Å²) in [6.07, 6.45) is 0. The molecule has 1 aromatic heterocycles. The Kier molecular flexibility index (Phi) is 1.62. The van der Waals surface area contributed by atoms with Crippen molar-refractivity contribution in [3.05, 3.63) is 20.7 Å². The number of rotatable bonds is 0. The molecular weight excluding hydrogens is 154 g/mol. The fourth-order valence-electron chi connectivity index (χ4n) is 0.514. The third-order valence-corrected chi connectivity index (χ3v) is 1.16. The summed E-state index contributed by atoms with van der Waals surface area (Å²) in [6, 6.07) is 0. The molecule has 0 spiro atoms. The van der Waals surface area contributed by atoms with Gasteiger partial charge in [-0.15, -0.1) is 17.7 Å². The zero-order valence-corrected chi connectivity index (χ0v) is 6.05. The Hall–Kier alpha value is -1.04. The summed E-state index contributed by atoms with van der Waals surface area (Å²) < 4.78 is 0.932. The Balaban J connectivity index is 3.62. The first kappa shape index (κ1) is 7.07. The standard InChI is InChI=1S/C4H5N3O2S/c1-7-3(9)2(8)5-4(10)6-7/h1H3,(H2,5,6,8,10). The number of aromatic amines is 1. The van der Waals surface area contributed by atoms with Crippen LogP contribution in [0.25, 0.3) is 0 Å². The van der Waals surface area contributed by atoms with Crippen LogP contribution in [0.2, 0.25) is 0 Å². The van der Waals surface area contributed by atoms with Gasteiger partial charge in [0.25, 0.3) is 0 Å². The number of nitrogens with one attached hydrogen (secondary N) is 1. The van der Waals surface area contributed by atoms with E-state index in [1.54, 1.807) is 0 Å². The second-order valence-corrected chi connectivity index (χ2v) is 2.13. The van der Waals surface area contributed by atoms with Crippen LogP contribution in [0.3, 0.4) is 0 Å². The van der Waals surface area contributed by atoms with Crippen LogP contribution in [0.1, 0.15) is 0 Å². The van der Waals surface area contributed by atoms with Gasteiger partial charge in [-0.25, -0.2) is 4.68 Å². The molecule has 1 N–H and O–H groups in total. The number of nitrogens with zero attached hydrogens (tertiary/aromatic N) is 2. The van der Waals surface area contributed by atoms with Crippen molar-refractivity contribution < 1.29 is 0 Å². The number of hydrogen-bond donors (Lipinski definition) is 2. The molecule has 0 aromatic carbocycles. The van der Waals surface area contributed by atoms with Crippen LogP contribution in [-0.4, -0.2) is 14.8 Å². The van der Waals surface area contributed by atoms with Gasteiger partial charge in [-0.05, 0) is 0 Å². The van der Waals surface area contributed by atoms with Crippen LogP contribution in [0, 0.1) is 0 Å². The van der Waals surface area contributed by atoms with Crippen molar-refractivity contribution in [1.82, 2.24) is 14.8 Å². The summed E-state index contributed by atoms with van der Waals surface area (Å²) >= 11 is 3.74. The van der Waals surface area contributed by atoms with E-state index in [0.717, 1.165) is 4.68 Å². The van der Waals surface area contributed by atoms with E-state index in [0.29, 0.717) is 0 Å². The zero-order chi connectivity index (χ0) is 7.72. The zero-order valence-electron chi connectivity index (χ0n) is 5.16. The third kappa shape index (κ3) is 1.10. The first-order valence-corrected chi connectivity index (χ1v) is 2.92. The van der Waals surface area contributed by atoms with Crippen LogP contribution >= 0.6 is 12.6 Å². The average Bonchev–Trinajstić information content (AvgIpc) is 1.82. The van der Waals surface area contributed by atoms with Gasteiger partial charge in [-0.2, -0.15) is 0 Å². The lowest BCUT2D eigenvalue weighted by molar-refractivity contribution is 0.623. The average molecular weight is 159 g/mol. The first-order valence-electron chi connectivity index (χ1n) is 2.48. The Labute approximate surface area is 61.1 Å². The molecule has 0 aliphatic rings. The van der Waals surface area contributed by atoms with Crippen LogP contribution in [0.4, 0.5) is 0 Å². The van der Waals surface area contributed by atoms with Gasteiger partial charge in [0.15, 0.2) is 5.16 Å². The van der Waals surface area contributed by atoms with Crippen molar-refractivity contribution >= 4 is 12.6 Å². The van der Waals surface area contributed by atoms with Crippen LogP contribution in [-0.2, 0) is 7.05 Å². The van der Waals surface area contributed by atoms with Crippen molar-refractivity contribution in [1.29, 1.82) is 0 Å². The maximum atomic E-state index is 10.6. The predicted molar refractivity (Wildman–Crippen MR) is 37.4 cm³/mol. The molecule has 1 aromatic rings. The van der Waals surface area contributed by atoms with Crippen LogP contribution in [0.5, 0.6) is 0 Å². The molecule has 0 saturated heterocycles. The van der Waals surface area contributed by atoms with Gasteiger partial charge in [0.1, 0.15) is 0 Å². The molecule has 0 saturated carbocycles. The van der Waals surface area contributed by atoms with E-state index in [4.69, 9.17) is 0 Å². The minimum absolute atomic E-state index is 0.132. The molecule has 1 heterocycles. The molecule has 0 aliphatic carbocycles. The van der Waals surface area contributed by atoms with Crippen molar-refractivity contribution in [3.8, 4) is 0 Å². The SMILES string of the molecule is Cn1nc(S)[nH]c(=O)c1=O. The second-order valence-electron chi connectivity index (χ2n) is 1.71. The summed E-state index contributed by atoms with van der Waals surface area (Å²) in [6.45, 7) is 0. The lowest BCUT2D eigenvalue weighted by atomic mass is 10.8. The van der Waals surface area contributed by atoms with Gasteiger partial charge in [0.2, 0.25) is 0 Å². The number of aryl methyl sites for hydroxylation is 1. The van der Waals surface area contributed by atoms with E-state index in [9.17, 15) is 9.59 Å². The molecule has 0 unspecified atom stereocenters. The van der Waals surface area contributed by atoms with E-state index < -0.39 is 11.1 Å². The second kappa shape index (κ2) is 2.30. The third-order valence-electron chi connectivity index (χ3n) is 0.958. The lowest BCUT2D eigenvalue weighted by Crippen LogP contribution is -2.36. The van der Waals surface area contributed by atoms with Gasteiger partial charge < -0.3 is 0 Å². The molecule has 6 heteroatoms. The Morgan fingerprint density at radius 2 is 2.20 bits per heavy atom. The molecule has 0 amide bonds. The molecule has 54 valence electrons. The number of hydrogen-bond acceptors (Lipinski definition) is 4. The highest BCUT2D eigenvalue weighted by Crippen LogP contribution is 1.84. The molecule has 0 fully saturated rings. The topological polar surface area (TPSA) is 67.8 Å². The van der Waals surface area contributed by atoms with E-state index in [2.05, 4.69) is 22.7 Å². The predicted octanol–water partition coefficient (Wildman–Crippen LogP) is -1.24. The van der Waals surface area contributed by atoms with E-state index >= 15 is 0 Å². The van der Waals surface area contributed by atoms with Gasteiger partial charge in [0, 0.05) is 7.05 Å². The van der Waals surface area contributed by atoms with Gasteiger partial charge >= 0.3 is 11.1 Å². The van der Waals surface area contributed by atoms with Crippen molar-refractivity contribution in [2.24, 2.45) is 7.05 Å². The lowest BCUT2D eigenvalue weighted by Gasteiger charge is -1.92. The maximum Gasteiger partial charge on any atom is 0.332 e. The normalized spacial score (nSPS) is 9.80. The summed E-state index contributed by atoms with van der Waals surface area (Å²) in [5, 5.41) is 3.68. The summed E-state index contributed by atoms with van der Waals surface area (Å²) in [5.41, 5.74) is -1.39. The summed E-state index contributed by atoms with van der Waals surface area (Å²) in [5.74, 6) is 0. The highest BCUT2D eigenvalue weighted by atomic mass is 32.1. The quantitative estimate of drug-likeness (QED) is 0.367. The van der Waals surface area contributed by atoms with Crippen molar-refractivity contribution in [3.63, 3.8) is 0 Å². The summed E-state index contributed by atoms with van der Waals surface area (Å²) in [7, 11) is 1.39. The van der Waals surface area contributed by atoms with Crippen molar-refractivity contribution in [2.75, 3.05) is 0 Å². The fraction of sp³-hybridized carbons (Fsp3) is 0.250. The molecule has 0 radical (unpaired) electrons. The fourth-order valence-corrected chi connectivity index (χ4v) is 0.750. The van der Waals surface area contributed by atoms with Gasteiger partial charge in [0.05, 0.1) is 0 Å². The Bertz CT molecular complexity index is 352. The van der Waals surface area contributed by atoms with E-state index in [-0.39, 0.29) is 5.16 Å².